The van der Waals surface area contributed by atoms with Gasteiger partial charge in [-0.1, -0.05) is 29.8 Å². The van der Waals surface area contributed by atoms with E-state index in [4.69, 9.17) is 16.3 Å². The molecule has 0 bridgehead atoms. The van der Waals surface area contributed by atoms with E-state index in [1.165, 1.54) is 0 Å². The number of aliphatic imine (C=N–C) groups is 1. The SMILES string of the molecule is O=C1OC(c2ccccc2)=NC1C(=O)c1ccc(Cl)cc1. The van der Waals surface area contributed by atoms with Gasteiger partial charge in [-0.05, 0) is 36.4 Å². The number of cyclic esters (lactones) is 1. The van der Waals surface area contributed by atoms with E-state index in [9.17, 15) is 9.59 Å². The monoisotopic (exact) mass is 299 g/mol. The van der Waals surface area contributed by atoms with Crippen molar-refractivity contribution >= 4 is 29.3 Å². The molecule has 2 aromatic rings. The molecule has 1 unspecified atom stereocenters. The summed E-state index contributed by atoms with van der Waals surface area (Å²) in [4.78, 5) is 28.3. The second kappa shape index (κ2) is 5.50. The summed E-state index contributed by atoms with van der Waals surface area (Å²) in [7, 11) is 0. The van der Waals surface area contributed by atoms with Crippen LogP contribution in [-0.2, 0) is 9.53 Å². The average Bonchev–Trinajstić information content (AvgIpc) is 2.90. The quantitative estimate of drug-likeness (QED) is 0.497. The third-order valence-corrected chi connectivity index (χ3v) is 3.32. The molecule has 0 saturated carbocycles. The summed E-state index contributed by atoms with van der Waals surface area (Å²) >= 11 is 5.78. The molecule has 5 heteroatoms. The summed E-state index contributed by atoms with van der Waals surface area (Å²) in [6, 6.07) is 14.1. The van der Waals surface area contributed by atoms with Crippen molar-refractivity contribution in [2.24, 2.45) is 4.99 Å². The number of Topliss-reactive ketones (excluding diaryl/α,β-unsaturated/α-hetero) is 1. The Labute approximate surface area is 126 Å². The Kier molecular flexibility index (Phi) is 3.54. The number of rotatable bonds is 3. The first kappa shape index (κ1) is 13.5. The summed E-state index contributed by atoms with van der Waals surface area (Å²) < 4.78 is 5.09. The predicted molar refractivity (Wildman–Crippen MR) is 78.6 cm³/mol. The molecular weight excluding hydrogens is 290 g/mol. The molecule has 1 heterocycles. The van der Waals surface area contributed by atoms with Crippen molar-refractivity contribution in [3.63, 3.8) is 0 Å². The largest absolute Gasteiger partial charge is 0.405 e. The first-order valence-corrected chi connectivity index (χ1v) is 6.67. The van der Waals surface area contributed by atoms with Crippen molar-refractivity contribution in [1.82, 2.24) is 0 Å². The normalized spacial score (nSPS) is 17.3. The molecule has 1 aliphatic heterocycles. The van der Waals surface area contributed by atoms with Crippen molar-refractivity contribution in [1.29, 1.82) is 0 Å². The highest BCUT2D eigenvalue weighted by Crippen LogP contribution is 2.18. The molecule has 1 atom stereocenters. The zero-order valence-corrected chi connectivity index (χ0v) is 11.6. The van der Waals surface area contributed by atoms with Crippen LogP contribution >= 0.6 is 11.6 Å². The minimum absolute atomic E-state index is 0.174. The van der Waals surface area contributed by atoms with Gasteiger partial charge in [0.05, 0.1) is 0 Å². The number of esters is 1. The lowest BCUT2D eigenvalue weighted by Crippen LogP contribution is -2.25. The minimum atomic E-state index is -1.15. The zero-order chi connectivity index (χ0) is 14.8. The Bertz CT molecular complexity index is 723. The molecule has 21 heavy (non-hydrogen) atoms. The maximum atomic E-state index is 12.3. The van der Waals surface area contributed by atoms with Crippen molar-refractivity contribution < 1.29 is 14.3 Å². The van der Waals surface area contributed by atoms with Gasteiger partial charge in [0.2, 0.25) is 11.9 Å². The highest BCUT2D eigenvalue weighted by Gasteiger charge is 2.36. The van der Waals surface area contributed by atoms with Crippen LogP contribution in [0.4, 0.5) is 0 Å². The number of carbonyl (C=O) groups is 2. The summed E-state index contributed by atoms with van der Waals surface area (Å²) in [5.41, 5.74) is 1.04. The molecule has 0 aromatic heterocycles. The molecule has 0 radical (unpaired) electrons. The first-order chi connectivity index (χ1) is 10.1. The number of ether oxygens (including phenoxy) is 1. The highest BCUT2D eigenvalue weighted by molar-refractivity contribution is 6.30. The summed E-state index contributed by atoms with van der Waals surface area (Å²) in [5.74, 6) is -0.885. The summed E-state index contributed by atoms with van der Waals surface area (Å²) in [5, 5.41) is 0.522. The Hall–Kier alpha value is -2.46. The molecule has 104 valence electrons. The molecule has 1 aliphatic rings. The van der Waals surface area contributed by atoms with Crippen molar-refractivity contribution in [3.8, 4) is 0 Å². The number of benzene rings is 2. The third kappa shape index (κ3) is 2.71. The molecule has 0 fully saturated rings. The van der Waals surface area contributed by atoms with Crippen LogP contribution in [0.1, 0.15) is 15.9 Å². The van der Waals surface area contributed by atoms with Gasteiger partial charge < -0.3 is 4.74 Å². The van der Waals surface area contributed by atoms with Crippen LogP contribution in [0.5, 0.6) is 0 Å². The molecule has 0 aliphatic carbocycles. The van der Waals surface area contributed by atoms with Crippen LogP contribution in [-0.4, -0.2) is 23.7 Å². The van der Waals surface area contributed by atoms with E-state index in [0.29, 0.717) is 16.1 Å². The minimum Gasteiger partial charge on any atom is -0.405 e. The fourth-order valence-corrected chi connectivity index (χ4v) is 2.13. The number of carbonyl (C=O) groups excluding carboxylic acids is 2. The molecule has 0 amide bonds. The molecular formula is C16H10ClNO3. The van der Waals surface area contributed by atoms with E-state index in [-0.39, 0.29) is 5.90 Å². The Morgan fingerprint density at radius 2 is 1.71 bits per heavy atom. The fourth-order valence-electron chi connectivity index (χ4n) is 2.00. The van der Waals surface area contributed by atoms with E-state index in [1.54, 1.807) is 48.5 Å². The standard InChI is InChI=1S/C16H10ClNO3/c17-12-8-6-10(7-9-12)14(19)13-16(20)21-15(18-13)11-4-2-1-3-5-11/h1-9,13H. The third-order valence-electron chi connectivity index (χ3n) is 3.06. The van der Waals surface area contributed by atoms with E-state index in [0.717, 1.165) is 0 Å². The van der Waals surface area contributed by atoms with E-state index >= 15 is 0 Å². The number of halogens is 1. The van der Waals surface area contributed by atoms with Crippen molar-refractivity contribution in [2.45, 2.75) is 6.04 Å². The van der Waals surface area contributed by atoms with Gasteiger partial charge in [0.25, 0.3) is 0 Å². The summed E-state index contributed by atoms with van der Waals surface area (Å²) in [6.45, 7) is 0. The van der Waals surface area contributed by atoms with Crippen LogP contribution in [0, 0.1) is 0 Å². The maximum absolute atomic E-state index is 12.3. The Balaban J connectivity index is 1.88. The first-order valence-electron chi connectivity index (χ1n) is 6.30. The van der Waals surface area contributed by atoms with Crippen molar-refractivity contribution in [2.75, 3.05) is 0 Å². The van der Waals surface area contributed by atoms with Crippen LogP contribution in [0.25, 0.3) is 0 Å². The second-order valence-electron chi connectivity index (χ2n) is 4.50. The van der Waals surface area contributed by atoms with Gasteiger partial charge in [0.15, 0.2) is 5.78 Å². The number of nitrogens with zero attached hydrogens (tertiary/aromatic N) is 1. The molecule has 0 saturated heterocycles. The fraction of sp³-hybridized carbons (Fsp3) is 0.0625. The van der Waals surface area contributed by atoms with Gasteiger partial charge in [-0.3, -0.25) is 4.79 Å². The van der Waals surface area contributed by atoms with E-state index in [1.807, 2.05) is 6.07 Å². The molecule has 3 rings (SSSR count). The number of hydrogen-bond donors (Lipinski definition) is 0. The molecule has 0 N–H and O–H groups in total. The average molecular weight is 300 g/mol. The lowest BCUT2D eigenvalue weighted by molar-refractivity contribution is -0.133. The van der Waals surface area contributed by atoms with E-state index < -0.39 is 17.8 Å². The van der Waals surface area contributed by atoms with Gasteiger partial charge in [-0.15, -0.1) is 0 Å². The highest BCUT2D eigenvalue weighted by atomic mass is 35.5. The summed E-state index contributed by atoms with van der Waals surface area (Å²) in [6.07, 6.45) is 0. The van der Waals surface area contributed by atoms with Crippen molar-refractivity contribution in [3.05, 3.63) is 70.7 Å². The van der Waals surface area contributed by atoms with Gasteiger partial charge >= 0.3 is 5.97 Å². The van der Waals surface area contributed by atoms with Crippen LogP contribution in [0.15, 0.2) is 59.6 Å². The second-order valence-corrected chi connectivity index (χ2v) is 4.93. The van der Waals surface area contributed by atoms with Gasteiger partial charge in [-0.25, -0.2) is 9.79 Å². The zero-order valence-electron chi connectivity index (χ0n) is 10.8. The van der Waals surface area contributed by atoms with Gasteiger partial charge in [-0.2, -0.15) is 0 Å². The molecule has 2 aromatic carbocycles. The maximum Gasteiger partial charge on any atom is 0.345 e. The lowest BCUT2D eigenvalue weighted by Gasteiger charge is -2.02. The smallest absolute Gasteiger partial charge is 0.345 e. The topological polar surface area (TPSA) is 55.7 Å². The Morgan fingerprint density at radius 3 is 2.38 bits per heavy atom. The van der Waals surface area contributed by atoms with Gasteiger partial charge in [0, 0.05) is 16.1 Å². The Morgan fingerprint density at radius 1 is 1.05 bits per heavy atom. The lowest BCUT2D eigenvalue weighted by atomic mass is 10.1. The van der Waals surface area contributed by atoms with Crippen LogP contribution < -0.4 is 0 Å². The van der Waals surface area contributed by atoms with Crippen LogP contribution in [0.2, 0.25) is 5.02 Å². The van der Waals surface area contributed by atoms with Gasteiger partial charge in [0.1, 0.15) is 0 Å². The predicted octanol–water partition coefficient (Wildman–Crippen LogP) is 2.89. The van der Waals surface area contributed by atoms with Crippen LogP contribution in [0.3, 0.4) is 0 Å². The van der Waals surface area contributed by atoms with E-state index in [2.05, 4.69) is 4.99 Å². The number of ketones is 1. The molecule has 0 spiro atoms. The molecule has 4 nitrogen and oxygen atoms in total. The number of hydrogen-bond acceptors (Lipinski definition) is 4.